The monoisotopic (exact) mass is 221 g/mol. The van der Waals surface area contributed by atoms with Crippen LogP contribution in [0.3, 0.4) is 0 Å². The van der Waals surface area contributed by atoms with E-state index < -0.39 is 0 Å². The van der Waals surface area contributed by atoms with E-state index >= 15 is 0 Å². The molecule has 1 nitrogen and oxygen atoms in total. The number of rotatable bonds is 4. The number of hydrogen-bond acceptors (Lipinski definition) is 1. The van der Waals surface area contributed by atoms with E-state index in [1.54, 1.807) is 0 Å². The lowest BCUT2D eigenvalue weighted by atomic mass is 9.94. The quantitative estimate of drug-likeness (QED) is 0.713. The Labute approximate surface area is 100 Å². The first-order chi connectivity index (χ1) is 7.84. The molecule has 0 saturated heterocycles. The van der Waals surface area contributed by atoms with Crippen molar-refractivity contribution in [3.8, 4) is 0 Å². The highest BCUT2D eigenvalue weighted by Gasteiger charge is 2.42. The fourth-order valence-electron chi connectivity index (χ4n) is 3.56. The van der Waals surface area contributed by atoms with Gasteiger partial charge >= 0.3 is 0 Å². The first kappa shape index (κ1) is 11.1. The third-order valence-corrected chi connectivity index (χ3v) is 5.03. The average Bonchev–Trinajstić information content (AvgIpc) is 3.14. The average molecular weight is 221 g/mol. The smallest absolute Gasteiger partial charge is 0.0126 e. The Balaban J connectivity index is 1.57. The second-order valence-corrected chi connectivity index (χ2v) is 6.59. The van der Waals surface area contributed by atoms with E-state index in [4.69, 9.17) is 0 Å². The van der Waals surface area contributed by atoms with Gasteiger partial charge in [0.25, 0.3) is 0 Å². The second kappa shape index (κ2) is 4.68. The topological polar surface area (TPSA) is 12.0 Å². The molecule has 3 aliphatic carbocycles. The van der Waals surface area contributed by atoms with Crippen molar-refractivity contribution in [2.45, 2.75) is 76.8 Å². The predicted molar refractivity (Wildman–Crippen MR) is 68.4 cm³/mol. The molecule has 2 unspecified atom stereocenters. The highest BCUT2D eigenvalue weighted by atomic mass is 15.0. The Morgan fingerprint density at radius 3 is 2.06 bits per heavy atom. The minimum Gasteiger partial charge on any atom is -0.310 e. The summed E-state index contributed by atoms with van der Waals surface area (Å²) in [6.07, 6.45) is 13.3. The van der Waals surface area contributed by atoms with E-state index in [-0.39, 0.29) is 0 Å². The van der Waals surface area contributed by atoms with Gasteiger partial charge in [0, 0.05) is 12.1 Å². The van der Waals surface area contributed by atoms with Crippen molar-refractivity contribution >= 4 is 0 Å². The summed E-state index contributed by atoms with van der Waals surface area (Å²) in [5.74, 6) is 3.04. The molecule has 92 valence electrons. The lowest BCUT2D eigenvalue weighted by Crippen LogP contribution is -2.44. The highest BCUT2D eigenvalue weighted by Crippen LogP contribution is 2.45. The van der Waals surface area contributed by atoms with Crippen molar-refractivity contribution in [1.29, 1.82) is 0 Å². The SMILES string of the molecule is CC1CCCCCC1NC(C1CC1)C1CC1. The summed E-state index contributed by atoms with van der Waals surface area (Å²) in [6, 6.07) is 1.75. The van der Waals surface area contributed by atoms with Crippen LogP contribution < -0.4 is 5.32 Å². The minimum atomic E-state index is 0.841. The van der Waals surface area contributed by atoms with Crippen molar-refractivity contribution in [2.24, 2.45) is 17.8 Å². The Hall–Kier alpha value is -0.0400. The second-order valence-electron chi connectivity index (χ2n) is 6.59. The van der Waals surface area contributed by atoms with E-state index in [2.05, 4.69) is 12.2 Å². The zero-order valence-electron chi connectivity index (χ0n) is 10.8. The molecule has 3 aliphatic rings. The van der Waals surface area contributed by atoms with Crippen LogP contribution in [0.2, 0.25) is 0 Å². The van der Waals surface area contributed by atoms with Crippen LogP contribution >= 0.6 is 0 Å². The normalized spacial score (nSPS) is 36.4. The molecule has 0 aromatic rings. The molecular weight excluding hydrogens is 194 g/mol. The molecule has 0 bridgehead atoms. The number of nitrogens with one attached hydrogen (secondary N) is 1. The fraction of sp³-hybridized carbons (Fsp3) is 1.00. The van der Waals surface area contributed by atoms with Crippen LogP contribution in [-0.4, -0.2) is 12.1 Å². The van der Waals surface area contributed by atoms with E-state index in [1.165, 1.54) is 57.8 Å². The van der Waals surface area contributed by atoms with Crippen molar-refractivity contribution in [2.75, 3.05) is 0 Å². The molecule has 3 fully saturated rings. The van der Waals surface area contributed by atoms with E-state index in [0.717, 1.165) is 29.8 Å². The van der Waals surface area contributed by atoms with E-state index in [1.807, 2.05) is 0 Å². The fourth-order valence-corrected chi connectivity index (χ4v) is 3.56. The van der Waals surface area contributed by atoms with Gasteiger partial charge in [0.2, 0.25) is 0 Å². The van der Waals surface area contributed by atoms with Gasteiger partial charge in [-0.05, 0) is 56.3 Å². The maximum Gasteiger partial charge on any atom is 0.0126 e. The van der Waals surface area contributed by atoms with Gasteiger partial charge in [-0.1, -0.05) is 26.2 Å². The number of hydrogen-bond donors (Lipinski definition) is 1. The first-order valence-corrected chi connectivity index (χ1v) is 7.60. The van der Waals surface area contributed by atoms with Gasteiger partial charge in [0.05, 0.1) is 0 Å². The van der Waals surface area contributed by atoms with Gasteiger partial charge in [-0.2, -0.15) is 0 Å². The van der Waals surface area contributed by atoms with Gasteiger partial charge in [0.15, 0.2) is 0 Å². The molecule has 1 N–H and O–H groups in total. The van der Waals surface area contributed by atoms with Crippen LogP contribution in [0, 0.1) is 17.8 Å². The van der Waals surface area contributed by atoms with Gasteiger partial charge in [0.1, 0.15) is 0 Å². The highest BCUT2D eigenvalue weighted by molar-refractivity contribution is 4.98. The van der Waals surface area contributed by atoms with Crippen LogP contribution in [0.5, 0.6) is 0 Å². The molecule has 0 aromatic carbocycles. The van der Waals surface area contributed by atoms with Crippen molar-refractivity contribution in [3.05, 3.63) is 0 Å². The molecule has 0 aromatic heterocycles. The largest absolute Gasteiger partial charge is 0.310 e. The molecule has 2 atom stereocenters. The van der Waals surface area contributed by atoms with Crippen LogP contribution in [0.25, 0.3) is 0 Å². The molecule has 0 amide bonds. The lowest BCUT2D eigenvalue weighted by Gasteiger charge is -2.29. The van der Waals surface area contributed by atoms with Gasteiger partial charge < -0.3 is 5.32 Å². The Bertz CT molecular complexity index is 218. The van der Waals surface area contributed by atoms with Crippen molar-refractivity contribution in [1.82, 2.24) is 5.32 Å². The molecule has 3 rings (SSSR count). The lowest BCUT2D eigenvalue weighted by molar-refractivity contribution is 0.287. The summed E-state index contributed by atoms with van der Waals surface area (Å²) in [7, 11) is 0. The predicted octanol–water partition coefficient (Wildman–Crippen LogP) is 3.73. The Morgan fingerprint density at radius 1 is 0.812 bits per heavy atom. The Kier molecular flexibility index (Phi) is 3.24. The first-order valence-electron chi connectivity index (χ1n) is 7.60. The molecule has 3 saturated carbocycles. The third-order valence-electron chi connectivity index (χ3n) is 5.03. The zero-order chi connectivity index (χ0) is 11.0. The summed E-state index contributed by atoms with van der Waals surface area (Å²) in [5.41, 5.74) is 0. The van der Waals surface area contributed by atoms with Crippen molar-refractivity contribution < 1.29 is 0 Å². The maximum atomic E-state index is 4.07. The molecular formula is C15H27N. The zero-order valence-corrected chi connectivity index (χ0v) is 10.8. The van der Waals surface area contributed by atoms with Crippen molar-refractivity contribution in [3.63, 3.8) is 0 Å². The summed E-state index contributed by atoms with van der Waals surface area (Å²) in [5, 5.41) is 4.07. The van der Waals surface area contributed by atoms with Crippen LogP contribution in [-0.2, 0) is 0 Å². The molecule has 0 spiro atoms. The van der Waals surface area contributed by atoms with Crippen LogP contribution in [0.4, 0.5) is 0 Å². The maximum absolute atomic E-state index is 4.07. The summed E-state index contributed by atoms with van der Waals surface area (Å²) < 4.78 is 0. The Morgan fingerprint density at radius 2 is 1.44 bits per heavy atom. The molecule has 1 heteroatoms. The standard InChI is InChI=1S/C15H27N/c1-11-5-3-2-4-6-14(11)16-15(12-7-8-12)13-9-10-13/h11-16H,2-10H2,1H3. The van der Waals surface area contributed by atoms with Gasteiger partial charge in [-0.25, -0.2) is 0 Å². The van der Waals surface area contributed by atoms with E-state index in [9.17, 15) is 0 Å². The van der Waals surface area contributed by atoms with Gasteiger partial charge in [-0.15, -0.1) is 0 Å². The molecule has 0 radical (unpaired) electrons. The minimum absolute atomic E-state index is 0.841. The summed E-state index contributed by atoms with van der Waals surface area (Å²) in [4.78, 5) is 0. The molecule has 16 heavy (non-hydrogen) atoms. The third kappa shape index (κ3) is 2.61. The van der Waals surface area contributed by atoms with Crippen LogP contribution in [0.15, 0.2) is 0 Å². The summed E-state index contributed by atoms with van der Waals surface area (Å²) in [6.45, 7) is 2.47. The molecule has 0 aliphatic heterocycles. The molecule has 0 heterocycles. The summed E-state index contributed by atoms with van der Waals surface area (Å²) >= 11 is 0. The van der Waals surface area contributed by atoms with Crippen LogP contribution in [0.1, 0.15) is 64.7 Å². The van der Waals surface area contributed by atoms with Gasteiger partial charge in [-0.3, -0.25) is 0 Å². The van der Waals surface area contributed by atoms with E-state index in [0.29, 0.717) is 0 Å².